The molecule has 2 aromatic carbocycles. The van der Waals surface area contributed by atoms with E-state index < -0.39 is 5.92 Å². The van der Waals surface area contributed by atoms with E-state index in [2.05, 4.69) is 58.6 Å². The lowest BCUT2D eigenvalue weighted by atomic mass is 9.71. The predicted molar refractivity (Wildman–Crippen MR) is 163 cm³/mol. The summed E-state index contributed by atoms with van der Waals surface area (Å²) in [6, 6.07) is 19.9. The Bertz CT molecular complexity index is 1480. The van der Waals surface area contributed by atoms with Crippen molar-refractivity contribution in [2.75, 3.05) is 30.4 Å². The number of pyridine rings is 1. The lowest BCUT2D eigenvalue weighted by molar-refractivity contribution is -0.116. The molecule has 212 valence electrons. The zero-order valence-electron chi connectivity index (χ0n) is 24.5. The van der Waals surface area contributed by atoms with Crippen LogP contribution in [0.1, 0.15) is 62.1 Å². The van der Waals surface area contributed by atoms with Crippen molar-refractivity contribution in [3.05, 3.63) is 106 Å². The molecule has 0 saturated heterocycles. The van der Waals surface area contributed by atoms with E-state index >= 15 is 0 Å². The Morgan fingerprint density at radius 2 is 1.66 bits per heavy atom. The first-order valence-corrected chi connectivity index (χ1v) is 14.3. The number of ketones is 1. The first kappa shape index (κ1) is 28.1. The van der Waals surface area contributed by atoms with E-state index in [1.165, 1.54) is 0 Å². The largest absolute Gasteiger partial charge is 0.497 e. The van der Waals surface area contributed by atoms with Crippen LogP contribution >= 0.6 is 0 Å². The van der Waals surface area contributed by atoms with Gasteiger partial charge in [0.25, 0.3) is 5.91 Å². The van der Waals surface area contributed by atoms with Crippen LogP contribution < -0.4 is 20.3 Å². The van der Waals surface area contributed by atoms with Gasteiger partial charge in [-0.15, -0.1) is 0 Å². The smallest absolute Gasteiger partial charge is 0.255 e. The van der Waals surface area contributed by atoms with Crippen LogP contribution in [-0.2, 0) is 9.59 Å². The molecule has 2 heterocycles. The van der Waals surface area contributed by atoms with Crippen LogP contribution in [0, 0.1) is 6.92 Å². The predicted octanol–water partition coefficient (Wildman–Crippen LogP) is 6.25. The van der Waals surface area contributed by atoms with Crippen LogP contribution in [0.25, 0.3) is 0 Å². The van der Waals surface area contributed by atoms with Crippen molar-refractivity contribution in [1.82, 2.24) is 10.3 Å². The second kappa shape index (κ2) is 12.0. The fraction of sp³-hybridized carbons (Fsp3) is 0.324. The summed E-state index contributed by atoms with van der Waals surface area (Å²) in [6.07, 6.45) is 2.80. The summed E-state index contributed by atoms with van der Waals surface area (Å²) in [4.78, 5) is 34.4. The lowest BCUT2D eigenvalue weighted by Gasteiger charge is -2.37. The number of dihydropyridines is 1. The van der Waals surface area contributed by atoms with Gasteiger partial charge in [0.2, 0.25) is 0 Å². The molecular weight excluding hydrogens is 512 g/mol. The molecule has 2 atom stereocenters. The van der Waals surface area contributed by atoms with Gasteiger partial charge in [-0.05, 0) is 87.1 Å². The number of hydrogen-bond donors (Lipinski definition) is 2. The maximum absolute atomic E-state index is 14.0. The van der Waals surface area contributed by atoms with Crippen LogP contribution in [0.15, 0.2) is 89.4 Å². The molecule has 0 spiro atoms. The Balaban J connectivity index is 1.54. The number of carbonyl (C=O) groups is 2. The monoisotopic (exact) mass is 550 g/mol. The Hall–Kier alpha value is -4.39. The van der Waals surface area contributed by atoms with Gasteiger partial charge in [0.15, 0.2) is 5.78 Å². The molecular formula is C34H38N4O3. The maximum atomic E-state index is 14.0. The van der Waals surface area contributed by atoms with Crippen LogP contribution in [0.2, 0.25) is 0 Å². The summed E-state index contributed by atoms with van der Waals surface area (Å²) in [7, 11) is 1.65. The molecule has 1 amide bonds. The molecule has 7 nitrogen and oxygen atoms in total. The van der Waals surface area contributed by atoms with E-state index in [0.29, 0.717) is 29.8 Å². The molecule has 5 rings (SSSR count). The minimum Gasteiger partial charge on any atom is -0.497 e. The topological polar surface area (TPSA) is 83.6 Å². The van der Waals surface area contributed by atoms with Crippen LogP contribution in [0.4, 0.5) is 11.5 Å². The number of hydrogen-bond acceptors (Lipinski definition) is 6. The van der Waals surface area contributed by atoms with Crippen LogP contribution in [0.3, 0.4) is 0 Å². The van der Waals surface area contributed by atoms with E-state index in [1.807, 2.05) is 44.2 Å². The highest BCUT2D eigenvalue weighted by molar-refractivity contribution is 6.09. The number of nitrogens with one attached hydrogen (secondary N) is 2. The number of aryl methyl sites for hydroxylation is 1. The number of allylic oxidation sites excluding steroid dienone is 3. The van der Waals surface area contributed by atoms with Gasteiger partial charge in [0, 0.05) is 59.9 Å². The van der Waals surface area contributed by atoms with Crippen molar-refractivity contribution < 1.29 is 14.3 Å². The van der Waals surface area contributed by atoms with E-state index in [1.54, 1.807) is 19.4 Å². The van der Waals surface area contributed by atoms with E-state index in [-0.39, 0.29) is 17.6 Å². The third kappa shape index (κ3) is 5.75. The SMILES string of the molecule is CCN(CC)c1ccc(C2C(C(=O)Nc3ccc(C)cn3)=C(C)NC3=C2C(=O)CC(c2ccc(OC)cc2)C3)cc1. The van der Waals surface area contributed by atoms with Crippen LogP contribution in [-0.4, -0.2) is 36.9 Å². The molecule has 1 aliphatic heterocycles. The molecule has 0 fully saturated rings. The molecule has 0 saturated carbocycles. The van der Waals surface area contributed by atoms with Gasteiger partial charge >= 0.3 is 0 Å². The highest BCUT2D eigenvalue weighted by Gasteiger charge is 2.41. The lowest BCUT2D eigenvalue weighted by Crippen LogP contribution is -2.37. The van der Waals surface area contributed by atoms with E-state index in [0.717, 1.165) is 52.6 Å². The second-order valence-corrected chi connectivity index (χ2v) is 10.7. The van der Waals surface area contributed by atoms with Gasteiger partial charge in [-0.25, -0.2) is 4.98 Å². The summed E-state index contributed by atoms with van der Waals surface area (Å²) >= 11 is 0. The number of nitrogens with zero attached hydrogens (tertiary/aromatic N) is 2. The second-order valence-electron chi connectivity index (χ2n) is 10.7. The molecule has 41 heavy (non-hydrogen) atoms. The van der Waals surface area contributed by atoms with E-state index in [4.69, 9.17) is 4.74 Å². The van der Waals surface area contributed by atoms with Gasteiger partial charge in [0.05, 0.1) is 7.11 Å². The molecule has 1 aromatic heterocycles. The Morgan fingerprint density at radius 3 is 2.27 bits per heavy atom. The minimum atomic E-state index is -0.480. The number of methoxy groups -OCH3 is 1. The first-order valence-electron chi connectivity index (χ1n) is 14.3. The summed E-state index contributed by atoms with van der Waals surface area (Å²) < 4.78 is 5.32. The fourth-order valence-corrected chi connectivity index (χ4v) is 5.98. The highest BCUT2D eigenvalue weighted by Crippen LogP contribution is 2.46. The van der Waals surface area contributed by atoms with Gasteiger partial charge in [0.1, 0.15) is 11.6 Å². The Morgan fingerprint density at radius 1 is 0.976 bits per heavy atom. The fourth-order valence-electron chi connectivity index (χ4n) is 5.98. The quantitative estimate of drug-likeness (QED) is 0.345. The number of anilines is 2. The molecule has 7 heteroatoms. The van der Waals surface area contributed by atoms with Crippen molar-refractivity contribution in [2.24, 2.45) is 0 Å². The number of aromatic nitrogens is 1. The number of ether oxygens (including phenoxy) is 1. The third-order valence-electron chi connectivity index (χ3n) is 8.17. The molecule has 0 radical (unpaired) electrons. The molecule has 0 bridgehead atoms. The normalized spacial score (nSPS) is 18.5. The summed E-state index contributed by atoms with van der Waals surface area (Å²) in [5.74, 6) is 0.629. The zero-order chi connectivity index (χ0) is 29.1. The molecule has 1 aliphatic carbocycles. The van der Waals surface area contributed by atoms with Crippen LogP contribution in [0.5, 0.6) is 5.75 Å². The van der Waals surface area contributed by atoms with Crippen molar-refractivity contribution in [3.8, 4) is 5.75 Å². The first-order chi connectivity index (χ1) is 19.8. The van der Waals surface area contributed by atoms with Crippen molar-refractivity contribution >= 4 is 23.2 Å². The van der Waals surface area contributed by atoms with Crippen molar-refractivity contribution in [1.29, 1.82) is 0 Å². The zero-order valence-corrected chi connectivity index (χ0v) is 24.5. The number of amides is 1. The molecule has 2 N–H and O–H groups in total. The van der Waals surface area contributed by atoms with Crippen molar-refractivity contribution in [3.63, 3.8) is 0 Å². The Labute approximate surface area is 242 Å². The average Bonchev–Trinajstić information content (AvgIpc) is 2.98. The average molecular weight is 551 g/mol. The maximum Gasteiger partial charge on any atom is 0.255 e. The van der Waals surface area contributed by atoms with E-state index in [9.17, 15) is 9.59 Å². The standard InChI is InChI=1S/C34H38N4O3/c1-6-38(7-2)26-13-9-24(10-14-26)32-31(34(40)37-30-17-8-21(3)20-35-30)22(4)36-28-18-25(19-29(39)33(28)32)23-11-15-27(41-5)16-12-23/h8-17,20,25,32,36H,6-7,18-19H2,1-5H3,(H,35,37,40). The number of Topliss-reactive ketones (excluding diaryl/α,β-unsaturated/α-hetero) is 1. The minimum absolute atomic E-state index is 0.0466. The number of rotatable bonds is 8. The Kier molecular flexibility index (Phi) is 8.24. The van der Waals surface area contributed by atoms with Gasteiger partial charge < -0.3 is 20.3 Å². The molecule has 2 aliphatic rings. The summed E-state index contributed by atoms with van der Waals surface area (Å²) in [5, 5.41) is 6.44. The summed E-state index contributed by atoms with van der Waals surface area (Å²) in [6.45, 7) is 9.94. The number of benzene rings is 2. The molecule has 3 aromatic rings. The third-order valence-corrected chi connectivity index (χ3v) is 8.17. The van der Waals surface area contributed by atoms with Crippen molar-refractivity contribution in [2.45, 2.75) is 52.4 Å². The number of carbonyl (C=O) groups excluding carboxylic acids is 2. The summed E-state index contributed by atoms with van der Waals surface area (Å²) in [5.41, 5.74) is 7.01. The molecule has 2 unspecified atom stereocenters. The highest BCUT2D eigenvalue weighted by atomic mass is 16.5. The van der Waals surface area contributed by atoms with Gasteiger partial charge in [-0.2, -0.15) is 0 Å². The van der Waals surface area contributed by atoms with Gasteiger partial charge in [-0.3, -0.25) is 9.59 Å². The van der Waals surface area contributed by atoms with Gasteiger partial charge in [-0.1, -0.05) is 30.3 Å².